The van der Waals surface area contributed by atoms with Crippen molar-refractivity contribution < 1.29 is 0 Å². The van der Waals surface area contributed by atoms with E-state index in [0.29, 0.717) is 0 Å². The Morgan fingerprint density at radius 1 is 1.64 bits per heavy atom. The Morgan fingerprint density at radius 3 is 3.27 bits per heavy atom. The Bertz CT molecular complexity index is 241. The molecular weight excluding hydrogens is 156 g/mol. The van der Waals surface area contributed by atoms with Gasteiger partial charge in [-0.1, -0.05) is 0 Å². The summed E-state index contributed by atoms with van der Waals surface area (Å²) in [6.45, 7) is 1.96. The second kappa shape index (κ2) is 2.96. The number of thiophene rings is 1. The monoisotopic (exact) mass is 166 g/mol. The van der Waals surface area contributed by atoms with Gasteiger partial charge in [-0.2, -0.15) is 11.3 Å². The highest BCUT2D eigenvalue weighted by Gasteiger charge is 2.03. The van der Waals surface area contributed by atoms with E-state index in [2.05, 4.69) is 33.2 Å². The largest absolute Gasteiger partial charge is 0.373 e. The highest BCUT2D eigenvalue weighted by atomic mass is 32.1. The van der Waals surface area contributed by atoms with E-state index in [1.807, 2.05) is 6.20 Å². The molecule has 0 saturated carbocycles. The first-order valence-corrected chi connectivity index (χ1v) is 4.54. The molecule has 0 bridgehead atoms. The smallest absolute Gasteiger partial charge is 0.0870 e. The zero-order valence-electron chi connectivity index (χ0n) is 6.16. The summed E-state index contributed by atoms with van der Waals surface area (Å²) in [4.78, 5) is 2.24. The Morgan fingerprint density at radius 2 is 2.64 bits per heavy atom. The maximum Gasteiger partial charge on any atom is 0.0870 e. The second-order valence-corrected chi connectivity index (χ2v) is 3.34. The molecule has 0 spiro atoms. The Labute approximate surface area is 70.1 Å². The van der Waals surface area contributed by atoms with Crippen LogP contribution in [0, 0.1) is 0 Å². The van der Waals surface area contributed by atoms with Gasteiger partial charge in [-0.3, -0.25) is 0 Å². The van der Waals surface area contributed by atoms with E-state index in [1.165, 1.54) is 5.56 Å². The summed E-state index contributed by atoms with van der Waals surface area (Å²) in [7, 11) is 0. The van der Waals surface area contributed by atoms with Gasteiger partial charge >= 0.3 is 0 Å². The van der Waals surface area contributed by atoms with Crippen LogP contribution in [0.2, 0.25) is 0 Å². The van der Waals surface area contributed by atoms with Crippen LogP contribution in [0.1, 0.15) is 5.56 Å². The van der Waals surface area contributed by atoms with Gasteiger partial charge < -0.3 is 10.2 Å². The molecule has 0 atom stereocenters. The lowest BCUT2D eigenvalue weighted by Crippen LogP contribution is -2.19. The summed E-state index contributed by atoms with van der Waals surface area (Å²) in [5.74, 6) is 0. The van der Waals surface area contributed by atoms with Crippen LogP contribution in [-0.2, 0) is 6.54 Å². The third-order valence-corrected chi connectivity index (χ3v) is 2.40. The summed E-state index contributed by atoms with van der Waals surface area (Å²) in [6, 6.07) is 2.16. The molecule has 2 nitrogen and oxygen atoms in total. The molecule has 2 heterocycles. The molecule has 1 aromatic rings. The minimum Gasteiger partial charge on any atom is -0.373 e. The first-order valence-electron chi connectivity index (χ1n) is 3.60. The summed E-state index contributed by atoms with van der Waals surface area (Å²) >= 11 is 1.75. The summed E-state index contributed by atoms with van der Waals surface area (Å²) in [6.07, 6.45) is 4.06. The molecule has 0 amide bonds. The lowest BCUT2D eigenvalue weighted by atomic mass is 10.3. The van der Waals surface area contributed by atoms with Crippen LogP contribution < -0.4 is 5.32 Å². The molecular formula is C8H10N2S. The van der Waals surface area contributed by atoms with Crippen molar-refractivity contribution in [2.45, 2.75) is 6.54 Å². The number of rotatable bonds is 2. The number of hydrogen-bond donors (Lipinski definition) is 1. The van der Waals surface area contributed by atoms with Gasteiger partial charge in [0.2, 0.25) is 0 Å². The van der Waals surface area contributed by atoms with Crippen molar-refractivity contribution in [3.05, 3.63) is 34.8 Å². The lowest BCUT2D eigenvalue weighted by Gasteiger charge is -2.12. The third kappa shape index (κ3) is 1.54. The zero-order chi connectivity index (χ0) is 7.52. The van der Waals surface area contributed by atoms with Crippen molar-refractivity contribution in [1.29, 1.82) is 0 Å². The molecule has 1 aliphatic rings. The van der Waals surface area contributed by atoms with Crippen LogP contribution >= 0.6 is 11.3 Å². The van der Waals surface area contributed by atoms with E-state index in [-0.39, 0.29) is 0 Å². The highest BCUT2D eigenvalue weighted by molar-refractivity contribution is 7.07. The number of nitrogens with zero attached hydrogens (tertiary/aromatic N) is 1. The van der Waals surface area contributed by atoms with E-state index in [1.54, 1.807) is 11.3 Å². The Balaban J connectivity index is 1.95. The van der Waals surface area contributed by atoms with Gasteiger partial charge in [0.25, 0.3) is 0 Å². The van der Waals surface area contributed by atoms with Crippen molar-refractivity contribution in [2.24, 2.45) is 0 Å². The average Bonchev–Trinajstić information content (AvgIpc) is 2.60. The fourth-order valence-corrected chi connectivity index (χ4v) is 1.77. The lowest BCUT2D eigenvalue weighted by molar-refractivity contribution is 0.385. The topological polar surface area (TPSA) is 15.3 Å². The molecule has 1 aromatic heterocycles. The number of hydrogen-bond acceptors (Lipinski definition) is 3. The van der Waals surface area contributed by atoms with Crippen molar-refractivity contribution in [3.63, 3.8) is 0 Å². The molecule has 0 saturated heterocycles. The SMILES string of the molecule is C1=CN(Cc2ccsc2)CN1. The normalized spacial score (nSPS) is 15.5. The van der Waals surface area contributed by atoms with Gasteiger partial charge in [0.15, 0.2) is 0 Å². The van der Waals surface area contributed by atoms with Crippen LogP contribution in [-0.4, -0.2) is 11.6 Å². The van der Waals surface area contributed by atoms with Crippen molar-refractivity contribution >= 4 is 11.3 Å². The van der Waals surface area contributed by atoms with E-state index in [9.17, 15) is 0 Å². The van der Waals surface area contributed by atoms with E-state index < -0.39 is 0 Å². The quantitative estimate of drug-likeness (QED) is 0.717. The van der Waals surface area contributed by atoms with Gasteiger partial charge in [-0.15, -0.1) is 0 Å². The van der Waals surface area contributed by atoms with E-state index >= 15 is 0 Å². The third-order valence-electron chi connectivity index (χ3n) is 1.66. The Hall–Kier alpha value is -0.960. The van der Waals surface area contributed by atoms with Crippen molar-refractivity contribution in [1.82, 2.24) is 10.2 Å². The molecule has 1 aliphatic heterocycles. The second-order valence-electron chi connectivity index (χ2n) is 2.56. The zero-order valence-corrected chi connectivity index (χ0v) is 6.97. The van der Waals surface area contributed by atoms with E-state index in [0.717, 1.165) is 13.2 Å². The van der Waals surface area contributed by atoms with Crippen molar-refractivity contribution in [2.75, 3.05) is 6.67 Å². The fraction of sp³-hybridized carbons (Fsp3) is 0.250. The maximum atomic E-state index is 3.13. The predicted molar refractivity (Wildman–Crippen MR) is 47.0 cm³/mol. The molecule has 0 unspecified atom stereocenters. The molecule has 0 fully saturated rings. The van der Waals surface area contributed by atoms with Gasteiger partial charge in [0.1, 0.15) is 0 Å². The molecule has 2 rings (SSSR count). The molecule has 0 aliphatic carbocycles. The predicted octanol–water partition coefficient (Wildman–Crippen LogP) is 1.58. The first-order chi connectivity index (χ1) is 5.45. The summed E-state index contributed by atoms with van der Waals surface area (Å²) in [5.41, 5.74) is 1.39. The van der Waals surface area contributed by atoms with Crippen molar-refractivity contribution in [3.8, 4) is 0 Å². The van der Waals surface area contributed by atoms with Gasteiger partial charge in [-0.25, -0.2) is 0 Å². The summed E-state index contributed by atoms with van der Waals surface area (Å²) < 4.78 is 0. The highest BCUT2D eigenvalue weighted by Crippen LogP contribution is 2.10. The minimum atomic E-state index is 0.940. The van der Waals surface area contributed by atoms with Crippen LogP contribution in [0.5, 0.6) is 0 Å². The molecule has 1 N–H and O–H groups in total. The minimum absolute atomic E-state index is 0.940. The maximum absolute atomic E-state index is 3.13. The number of nitrogens with one attached hydrogen (secondary N) is 1. The molecule has 0 aromatic carbocycles. The molecule has 3 heteroatoms. The summed E-state index contributed by atoms with van der Waals surface area (Å²) in [5, 5.41) is 7.43. The first kappa shape index (κ1) is 6.73. The average molecular weight is 166 g/mol. The molecule has 11 heavy (non-hydrogen) atoms. The molecule has 58 valence electrons. The van der Waals surface area contributed by atoms with Gasteiger partial charge in [0, 0.05) is 18.9 Å². The van der Waals surface area contributed by atoms with E-state index in [4.69, 9.17) is 0 Å². The van der Waals surface area contributed by atoms with Crippen LogP contribution in [0.3, 0.4) is 0 Å². The Kier molecular flexibility index (Phi) is 1.81. The van der Waals surface area contributed by atoms with Gasteiger partial charge in [-0.05, 0) is 22.4 Å². The van der Waals surface area contributed by atoms with Crippen LogP contribution in [0.15, 0.2) is 29.2 Å². The molecule has 0 radical (unpaired) electrons. The van der Waals surface area contributed by atoms with Gasteiger partial charge in [0.05, 0.1) is 6.67 Å². The fourth-order valence-electron chi connectivity index (χ4n) is 1.11. The van der Waals surface area contributed by atoms with Crippen LogP contribution in [0.25, 0.3) is 0 Å². The van der Waals surface area contributed by atoms with Crippen LogP contribution in [0.4, 0.5) is 0 Å². The standard InChI is InChI=1S/C8H10N2S/c1-4-11-6-8(1)5-10-3-2-9-7-10/h1-4,6,9H,5,7H2.